The summed E-state index contributed by atoms with van der Waals surface area (Å²) in [6.45, 7) is 5.68. The van der Waals surface area contributed by atoms with Crippen molar-refractivity contribution in [2.75, 3.05) is 54.4 Å². The summed E-state index contributed by atoms with van der Waals surface area (Å²) in [7, 11) is 8.76. The molecule has 4 aliphatic carbocycles. The van der Waals surface area contributed by atoms with Gasteiger partial charge in [-0.15, -0.1) is 0 Å². The van der Waals surface area contributed by atoms with Gasteiger partial charge in [-0.25, -0.2) is 4.79 Å². The van der Waals surface area contributed by atoms with Crippen LogP contribution >= 0.6 is 0 Å². The third-order valence-electron chi connectivity index (χ3n) is 14.2. The minimum Gasteiger partial charge on any atom is -0.448 e. The van der Waals surface area contributed by atoms with Crippen molar-refractivity contribution < 1.29 is 19.1 Å². The molecule has 5 atom stereocenters. The van der Waals surface area contributed by atoms with Gasteiger partial charge in [-0.2, -0.15) is 0 Å². The highest BCUT2D eigenvalue weighted by Gasteiger charge is 2.94. The molecule has 1 saturated carbocycles. The maximum atomic E-state index is 14.7. The Morgan fingerprint density at radius 2 is 1.20 bits per heavy atom. The highest BCUT2D eigenvalue weighted by molar-refractivity contribution is 6.09. The quantitative estimate of drug-likeness (QED) is 0.0870. The van der Waals surface area contributed by atoms with E-state index in [1.165, 1.54) is 22.3 Å². The fourth-order valence-electron chi connectivity index (χ4n) is 11.8. The second-order valence-electron chi connectivity index (χ2n) is 17.7. The maximum absolute atomic E-state index is 14.7. The minimum absolute atomic E-state index is 0.00961. The van der Waals surface area contributed by atoms with Crippen LogP contribution in [0.25, 0.3) is 0 Å². The summed E-state index contributed by atoms with van der Waals surface area (Å²) >= 11 is 0. The van der Waals surface area contributed by atoms with Crippen LogP contribution in [0.5, 0.6) is 0 Å². The van der Waals surface area contributed by atoms with Crippen LogP contribution in [0.2, 0.25) is 0 Å². The van der Waals surface area contributed by atoms with E-state index in [9.17, 15) is 14.4 Å². The van der Waals surface area contributed by atoms with Crippen molar-refractivity contribution in [3.05, 3.63) is 164 Å². The molecule has 1 heterocycles. The number of para-hydroxylation sites is 2. The van der Waals surface area contributed by atoms with Gasteiger partial charge in [0.2, 0.25) is 0 Å². The van der Waals surface area contributed by atoms with E-state index in [2.05, 4.69) is 94.9 Å². The molecule has 0 aromatic heterocycles. The van der Waals surface area contributed by atoms with Crippen LogP contribution in [0.15, 0.2) is 97.1 Å². The van der Waals surface area contributed by atoms with Crippen molar-refractivity contribution in [2.24, 2.45) is 11.5 Å². The van der Waals surface area contributed by atoms with Gasteiger partial charge in [-0.3, -0.25) is 18.6 Å². The predicted molar refractivity (Wildman–Crippen MR) is 220 cm³/mol. The molecular weight excluding hydrogens is 697 g/mol. The van der Waals surface area contributed by atoms with Gasteiger partial charge in [0, 0.05) is 52.7 Å². The summed E-state index contributed by atoms with van der Waals surface area (Å²) < 4.78 is 7.95. The number of ether oxygens (including phenoxy) is 1. The van der Waals surface area contributed by atoms with Crippen molar-refractivity contribution in [2.45, 2.75) is 42.1 Å². The zero-order valence-corrected chi connectivity index (χ0v) is 32.9. The molecule has 1 spiro atoms. The lowest BCUT2D eigenvalue weighted by Gasteiger charge is -2.46. The summed E-state index contributed by atoms with van der Waals surface area (Å²) in [4.78, 5) is 40.7. The van der Waals surface area contributed by atoms with Crippen LogP contribution in [-0.4, -0.2) is 71.9 Å². The SMILES string of the molecule is CC(=O)c1cccc(C2(c3ccccc3[N+](C)(C)CCN)c3c4c(c5c6c3C3C6(OC5=O)C3(c3cccc(C(C)=O)c3)c3ccccc3[N+](C)(C)CCN)C42)c1. The van der Waals surface area contributed by atoms with Gasteiger partial charge in [0.15, 0.2) is 17.2 Å². The van der Waals surface area contributed by atoms with Gasteiger partial charge in [-0.1, -0.05) is 72.8 Å². The Morgan fingerprint density at radius 3 is 1.79 bits per heavy atom. The molecule has 8 heteroatoms. The largest absolute Gasteiger partial charge is 0.448 e. The number of likely N-dealkylation sites (N-methyl/N-ethyl adjacent to an activating group) is 2. The van der Waals surface area contributed by atoms with Crippen molar-refractivity contribution in [1.29, 1.82) is 0 Å². The lowest BCUT2D eigenvalue weighted by Crippen LogP contribution is -2.48. The number of carbonyl (C=O) groups excluding carboxylic acids is 3. The molecule has 56 heavy (non-hydrogen) atoms. The summed E-state index contributed by atoms with van der Waals surface area (Å²) in [5.41, 5.74) is 24.4. The Bertz CT molecular complexity index is 2630. The van der Waals surface area contributed by atoms with E-state index in [1.54, 1.807) is 13.8 Å². The number of nitrogens with two attached hydrogens (primary N) is 2. The fraction of sp³-hybridized carbons (Fsp3) is 0.312. The zero-order chi connectivity index (χ0) is 39.3. The molecule has 10 rings (SSSR count). The van der Waals surface area contributed by atoms with Crippen LogP contribution in [-0.2, 0) is 21.2 Å². The third kappa shape index (κ3) is 3.90. The van der Waals surface area contributed by atoms with Gasteiger partial charge >= 0.3 is 5.97 Å². The number of fused-ring (bicyclic) bond motifs is 4. The highest BCUT2D eigenvalue weighted by atomic mass is 16.6. The molecule has 1 aliphatic heterocycles. The number of esters is 1. The van der Waals surface area contributed by atoms with E-state index in [1.807, 2.05) is 30.3 Å². The average Bonchev–Trinajstić information content (AvgIpc) is 3.96. The van der Waals surface area contributed by atoms with Crippen molar-refractivity contribution in [3.8, 4) is 0 Å². The summed E-state index contributed by atoms with van der Waals surface area (Å²) in [6.07, 6.45) is 0. The second-order valence-corrected chi connectivity index (χ2v) is 17.7. The van der Waals surface area contributed by atoms with E-state index in [0.717, 1.165) is 51.3 Å². The molecule has 5 aromatic carbocycles. The summed E-state index contributed by atoms with van der Waals surface area (Å²) in [5, 5.41) is 0. The zero-order valence-electron chi connectivity index (χ0n) is 32.9. The van der Waals surface area contributed by atoms with Gasteiger partial charge in [0.25, 0.3) is 0 Å². The van der Waals surface area contributed by atoms with E-state index in [0.29, 0.717) is 39.7 Å². The molecule has 5 aliphatic rings. The Hall–Kier alpha value is -5.25. The number of hydrogen-bond acceptors (Lipinski definition) is 6. The first-order valence-electron chi connectivity index (χ1n) is 19.7. The predicted octanol–water partition coefficient (Wildman–Crippen LogP) is 6.40. The number of hydrogen-bond donors (Lipinski definition) is 2. The number of carbonyl (C=O) groups is 3. The normalized spacial score (nSPS) is 25.6. The molecular formula is C48H48N4O4+2. The Morgan fingerprint density at radius 1 is 0.661 bits per heavy atom. The monoisotopic (exact) mass is 744 g/mol. The first kappa shape index (κ1) is 35.2. The van der Waals surface area contributed by atoms with Crippen LogP contribution in [0.1, 0.15) is 107 Å². The highest BCUT2D eigenvalue weighted by Crippen LogP contribution is 2.93. The lowest BCUT2D eigenvalue weighted by atomic mass is 9.56. The number of Topliss-reactive ketones (excluding diaryl/α,β-unsaturated/α-hetero) is 2. The van der Waals surface area contributed by atoms with Crippen LogP contribution < -0.4 is 20.4 Å². The van der Waals surface area contributed by atoms with E-state index >= 15 is 0 Å². The molecule has 0 amide bonds. The molecule has 1 fully saturated rings. The van der Waals surface area contributed by atoms with Crippen molar-refractivity contribution in [1.82, 2.24) is 8.97 Å². The summed E-state index contributed by atoms with van der Waals surface area (Å²) in [5.74, 6) is -0.504. The fourth-order valence-corrected chi connectivity index (χ4v) is 11.8. The summed E-state index contributed by atoms with van der Waals surface area (Å²) in [6, 6.07) is 33.3. The molecule has 8 nitrogen and oxygen atoms in total. The van der Waals surface area contributed by atoms with Crippen LogP contribution in [0.4, 0.5) is 11.4 Å². The molecule has 0 saturated heterocycles. The van der Waals surface area contributed by atoms with Gasteiger partial charge < -0.3 is 16.2 Å². The maximum Gasteiger partial charge on any atom is 0.339 e. The number of benzene rings is 5. The number of quaternary nitrogens is 2. The van der Waals surface area contributed by atoms with Gasteiger partial charge in [-0.05, 0) is 71.5 Å². The van der Waals surface area contributed by atoms with E-state index < -0.39 is 16.4 Å². The molecule has 0 bridgehead atoms. The van der Waals surface area contributed by atoms with E-state index in [4.69, 9.17) is 16.2 Å². The van der Waals surface area contributed by atoms with Gasteiger partial charge in [0.05, 0.1) is 57.7 Å². The topological polar surface area (TPSA) is 112 Å². The van der Waals surface area contributed by atoms with Crippen LogP contribution in [0, 0.1) is 0 Å². The van der Waals surface area contributed by atoms with Gasteiger partial charge in [0.1, 0.15) is 11.4 Å². The Balaban J connectivity index is 1.30. The third-order valence-corrected chi connectivity index (χ3v) is 14.2. The minimum atomic E-state index is -0.925. The first-order chi connectivity index (χ1) is 26.8. The molecule has 282 valence electrons. The molecule has 0 radical (unpaired) electrons. The molecule has 4 N–H and O–H groups in total. The van der Waals surface area contributed by atoms with Crippen LogP contribution in [0.3, 0.4) is 0 Å². The number of ketones is 2. The Labute approximate surface area is 327 Å². The smallest absolute Gasteiger partial charge is 0.339 e. The second kappa shape index (κ2) is 11.2. The first-order valence-corrected chi connectivity index (χ1v) is 19.7. The molecule has 5 aromatic rings. The average molecular weight is 745 g/mol. The lowest BCUT2D eigenvalue weighted by molar-refractivity contribution is 0.0209. The Kier molecular flexibility index (Phi) is 7.04. The standard InChI is InChI=1S/C48H48N4O4/c1-27(53)29-13-11-15-31(25-29)46(33-17-7-9-19-35(33)51(3,4)23-21-49)41-37-38(41)42(46)40-43-39(37)45(55)56-48(43)44(40)47(48,32-16-12-14-30(26-32)28(2)54)34-18-8-10-20-36(34)52(5,6)24-22-50/h7-20,25-26,41,44H,21-24,49-50H2,1-6H3/q+2. The van der Waals surface area contributed by atoms with E-state index in [-0.39, 0.29) is 29.4 Å². The number of nitrogens with zero attached hydrogens (tertiary/aromatic N) is 2. The van der Waals surface area contributed by atoms with Crippen molar-refractivity contribution >= 4 is 28.9 Å². The number of rotatable bonds is 12. The molecule has 5 unspecified atom stereocenters. The van der Waals surface area contributed by atoms with Crippen molar-refractivity contribution in [3.63, 3.8) is 0 Å².